The average Bonchev–Trinajstić information content (AvgIpc) is 3.41. The van der Waals surface area contributed by atoms with Crippen molar-refractivity contribution in [3.8, 4) is 0 Å². The number of halogens is 1. The first-order chi connectivity index (χ1) is 12.7. The molecule has 0 unspecified atom stereocenters. The highest BCUT2D eigenvalue weighted by molar-refractivity contribution is 5.85. The molecule has 2 fully saturated rings. The van der Waals surface area contributed by atoms with Crippen LogP contribution in [-0.4, -0.2) is 35.3 Å². The maximum Gasteiger partial charge on any atom is 0.225 e. The molecule has 2 aliphatic rings. The molecule has 2 N–H and O–H groups in total. The van der Waals surface area contributed by atoms with Crippen LogP contribution in [0.5, 0.6) is 0 Å². The van der Waals surface area contributed by atoms with Gasteiger partial charge in [0.05, 0.1) is 12.1 Å². The molecule has 2 aromatic rings. The van der Waals surface area contributed by atoms with Crippen LogP contribution in [0.3, 0.4) is 0 Å². The van der Waals surface area contributed by atoms with Gasteiger partial charge in [0.2, 0.25) is 5.91 Å². The number of benzene rings is 1. The van der Waals surface area contributed by atoms with Crippen LogP contribution in [0.1, 0.15) is 42.7 Å². The predicted octanol–water partition coefficient (Wildman–Crippen LogP) is 2.77. The lowest BCUT2D eigenvalue weighted by atomic mass is 9.78. The maximum absolute atomic E-state index is 13.0. The highest BCUT2D eigenvalue weighted by Crippen LogP contribution is 2.40. The zero-order valence-corrected chi connectivity index (χ0v) is 16.7. The predicted molar refractivity (Wildman–Crippen MR) is 109 cm³/mol. The zero-order chi connectivity index (χ0) is 18.0. The van der Waals surface area contributed by atoms with E-state index in [1.807, 2.05) is 24.1 Å². The smallest absolute Gasteiger partial charge is 0.225 e. The first kappa shape index (κ1) is 19.9. The molecule has 1 aromatic carbocycles. The fourth-order valence-corrected chi connectivity index (χ4v) is 4.73. The van der Waals surface area contributed by atoms with Gasteiger partial charge in [-0.2, -0.15) is 5.10 Å². The molecule has 1 saturated heterocycles. The van der Waals surface area contributed by atoms with Gasteiger partial charge in [-0.25, -0.2) is 0 Å². The lowest BCUT2D eigenvalue weighted by Gasteiger charge is -2.31. The minimum absolute atomic E-state index is 0. The molecule has 1 amide bonds. The lowest BCUT2D eigenvalue weighted by molar-refractivity contribution is -0.125. The molecule has 27 heavy (non-hydrogen) atoms. The molecule has 0 spiro atoms. The maximum atomic E-state index is 13.0. The summed E-state index contributed by atoms with van der Waals surface area (Å²) in [7, 11) is 1.92. The number of aryl methyl sites for hydroxylation is 1. The topological polar surface area (TPSA) is 59.0 Å². The van der Waals surface area contributed by atoms with Gasteiger partial charge in [-0.05, 0) is 24.0 Å². The minimum atomic E-state index is -0.0200. The zero-order valence-electron chi connectivity index (χ0n) is 15.9. The van der Waals surface area contributed by atoms with E-state index in [0.717, 1.165) is 38.0 Å². The monoisotopic (exact) mass is 388 g/mol. The standard InChI is InChI=1S/C21H28N4O.ClH/c1-25-14-16(11-24-25)18-12-22-13-19(18)20(26)23-15-21(9-5-6-10-21)17-7-3-2-4-8-17;/h2-4,7-8,11,14,18-19,22H,5-6,9-10,12-13,15H2,1H3,(H,23,26);1H/t18-,19+;/m1./s1. The molecule has 1 aliphatic heterocycles. The molecule has 1 saturated carbocycles. The van der Waals surface area contributed by atoms with Crippen LogP contribution >= 0.6 is 12.4 Å². The molecule has 6 heteroatoms. The summed E-state index contributed by atoms with van der Waals surface area (Å²) in [5.74, 6) is 0.361. The van der Waals surface area contributed by atoms with E-state index in [1.165, 1.54) is 18.4 Å². The number of hydrogen-bond acceptors (Lipinski definition) is 3. The summed E-state index contributed by atoms with van der Waals surface area (Å²) in [6, 6.07) is 10.7. The Bertz CT molecular complexity index is 755. The highest BCUT2D eigenvalue weighted by Gasteiger charge is 2.38. The summed E-state index contributed by atoms with van der Waals surface area (Å²) < 4.78 is 1.81. The van der Waals surface area contributed by atoms with Crippen molar-refractivity contribution < 1.29 is 4.79 Å². The summed E-state index contributed by atoms with van der Waals surface area (Å²) in [5, 5.41) is 11.0. The van der Waals surface area contributed by atoms with Crippen LogP contribution in [0.15, 0.2) is 42.7 Å². The van der Waals surface area contributed by atoms with Gasteiger partial charge >= 0.3 is 0 Å². The van der Waals surface area contributed by atoms with Crippen LogP contribution < -0.4 is 10.6 Å². The van der Waals surface area contributed by atoms with E-state index in [9.17, 15) is 4.79 Å². The molecule has 0 bridgehead atoms. The van der Waals surface area contributed by atoms with Crippen molar-refractivity contribution in [1.82, 2.24) is 20.4 Å². The summed E-state index contributed by atoms with van der Waals surface area (Å²) in [5.41, 5.74) is 2.62. The van der Waals surface area contributed by atoms with Crippen molar-refractivity contribution in [2.45, 2.75) is 37.0 Å². The van der Waals surface area contributed by atoms with Crippen molar-refractivity contribution in [3.63, 3.8) is 0 Å². The molecule has 4 rings (SSSR count). The van der Waals surface area contributed by atoms with Gasteiger partial charge < -0.3 is 10.6 Å². The van der Waals surface area contributed by atoms with Crippen LogP contribution in [-0.2, 0) is 17.3 Å². The number of nitrogens with one attached hydrogen (secondary N) is 2. The molecule has 146 valence electrons. The average molecular weight is 389 g/mol. The number of aromatic nitrogens is 2. The van der Waals surface area contributed by atoms with Crippen LogP contribution in [0.4, 0.5) is 0 Å². The Morgan fingerprint density at radius 1 is 1.26 bits per heavy atom. The lowest BCUT2D eigenvalue weighted by Crippen LogP contribution is -2.42. The van der Waals surface area contributed by atoms with Crippen molar-refractivity contribution in [3.05, 3.63) is 53.9 Å². The number of hydrogen-bond donors (Lipinski definition) is 2. The summed E-state index contributed by atoms with van der Waals surface area (Å²) >= 11 is 0. The van der Waals surface area contributed by atoms with E-state index < -0.39 is 0 Å². The molecular formula is C21H29ClN4O. The minimum Gasteiger partial charge on any atom is -0.355 e. The van der Waals surface area contributed by atoms with Crippen LogP contribution in [0.2, 0.25) is 0 Å². The van der Waals surface area contributed by atoms with Gasteiger partial charge in [0.25, 0.3) is 0 Å². The fourth-order valence-electron chi connectivity index (χ4n) is 4.73. The third kappa shape index (κ3) is 4.04. The van der Waals surface area contributed by atoms with Gasteiger partial charge in [0.15, 0.2) is 0 Å². The third-order valence-corrected chi connectivity index (χ3v) is 6.25. The molecule has 0 radical (unpaired) electrons. The quantitative estimate of drug-likeness (QED) is 0.828. The molecule has 1 aliphatic carbocycles. The second-order valence-electron chi connectivity index (χ2n) is 7.89. The van der Waals surface area contributed by atoms with Crippen molar-refractivity contribution in [1.29, 1.82) is 0 Å². The largest absolute Gasteiger partial charge is 0.355 e. The Labute approximate surface area is 167 Å². The molecular weight excluding hydrogens is 360 g/mol. The van der Waals surface area contributed by atoms with E-state index in [4.69, 9.17) is 0 Å². The second kappa shape index (κ2) is 8.44. The number of carbonyl (C=O) groups is 1. The fraction of sp³-hybridized carbons (Fsp3) is 0.524. The number of carbonyl (C=O) groups excluding carboxylic acids is 1. The molecule has 2 atom stereocenters. The Morgan fingerprint density at radius 3 is 2.67 bits per heavy atom. The molecule has 5 nitrogen and oxygen atoms in total. The van der Waals surface area contributed by atoms with Gasteiger partial charge in [0, 0.05) is 44.2 Å². The highest BCUT2D eigenvalue weighted by atomic mass is 35.5. The van der Waals surface area contributed by atoms with Crippen molar-refractivity contribution in [2.75, 3.05) is 19.6 Å². The molecule has 1 aromatic heterocycles. The number of nitrogens with zero attached hydrogens (tertiary/aromatic N) is 2. The SMILES string of the molecule is Cl.Cn1cc([C@H]2CNC[C@@H]2C(=O)NCC2(c3ccccc3)CCCC2)cn1. The third-order valence-electron chi connectivity index (χ3n) is 6.25. The molecule has 2 heterocycles. The van der Waals surface area contributed by atoms with E-state index >= 15 is 0 Å². The Morgan fingerprint density at radius 2 is 2.00 bits per heavy atom. The Hall–Kier alpha value is -1.85. The first-order valence-corrected chi connectivity index (χ1v) is 9.70. The summed E-state index contributed by atoms with van der Waals surface area (Å²) in [6.07, 6.45) is 8.72. The van der Waals surface area contributed by atoms with Gasteiger partial charge in [-0.3, -0.25) is 9.48 Å². The van der Waals surface area contributed by atoms with E-state index in [1.54, 1.807) is 0 Å². The Balaban J connectivity index is 0.00000210. The first-order valence-electron chi connectivity index (χ1n) is 9.70. The van der Waals surface area contributed by atoms with Crippen LogP contribution in [0, 0.1) is 5.92 Å². The van der Waals surface area contributed by atoms with Crippen LogP contribution in [0.25, 0.3) is 0 Å². The number of amides is 1. The van der Waals surface area contributed by atoms with E-state index in [2.05, 4.69) is 46.1 Å². The van der Waals surface area contributed by atoms with Crippen molar-refractivity contribution >= 4 is 18.3 Å². The van der Waals surface area contributed by atoms with Gasteiger partial charge in [0.1, 0.15) is 0 Å². The Kier molecular flexibility index (Phi) is 6.22. The normalized spacial score (nSPS) is 23.7. The summed E-state index contributed by atoms with van der Waals surface area (Å²) in [4.78, 5) is 13.0. The summed E-state index contributed by atoms with van der Waals surface area (Å²) in [6.45, 7) is 2.32. The van der Waals surface area contributed by atoms with Gasteiger partial charge in [-0.1, -0.05) is 43.2 Å². The van der Waals surface area contributed by atoms with E-state index in [0.29, 0.717) is 0 Å². The second-order valence-corrected chi connectivity index (χ2v) is 7.89. The van der Waals surface area contributed by atoms with Gasteiger partial charge in [-0.15, -0.1) is 12.4 Å². The van der Waals surface area contributed by atoms with Crippen molar-refractivity contribution in [2.24, 2.45) is 13.0 Å². The van der Waals surface area contributed by atoms with E-state index in [-0.39, 0.29) is 35.6 Å². The number of rotatable bonds is 5.